The first-order valence-corrected chi connectivity index (χ1v) is 9.32. The van der Waals surface area contributed by atoms with Gasteiger partial charge in [0.15, 0.2) is 0 Å². The van der Waals surface area contributed by atoms with Gasteiger partial charge in [-0.05, 0) is 73.8 Å². The smallest absolute Gasteiger partial charge is 0.410 e. The zero-order valence-electron chi connectivity index (χ0n) is 18.4. The molecule has 0 spiro atoms. The Balaban J connectivity index is 0. The summed E-state index contributed by atoms with van der Waals surface area (Å²) in [5.41, 5.74) is 1.77. The van der Waals surface area contributed by atoms with Gasteiger partial charge in [-0.1, -0.05) is 37.8 Å². The summed E-state index contributed by atoms with van der Waals surface area (Å²) in [7, 11) is 0. The zero-order chi connectivity index (χ0) is 21.4. The standard InChI is InChI=1S/C22H37NO4.CH4/c1-16(2)14-18(17(3)4)12-11-13-23(20(25)27-22(8,9)10)15-19(24)26-21(5,6)7;/h14H,1,3,11-13,15H2,2,4-10H3;1H4/b18-14-;. The Kier molecular flexibility index (Phi) is 11.8. The number of rotatable bonds is 8. The molecule has 0 aromatic rings. The molecule has 1 amide bonds. The maximum Gasteiger partial charge on any atom is 0.410 e. The molecule has 0 saturated carbocycles. The van der Waals surface area contributed by atoms with Gasteiger partial charge in [-0.15, -0.1) is 0 Å². The topological polar surface area (TPSA) is 55.8 Å². The number of carbonyl (C=O) groups is 2. The van der Waals surface area contributed by atoms with Crippen molar-refractivity contribution in [3.63, 3.8) is 0 Å². The van der Waals surface area contributed by atoms with Crippen LogP contribution in [-0.2, 0) is 14.3 Å². The van der Waals surface area contributed by atoms with Gasteiger partial charge >= 0.3 is 12.1 Å². The molecule has 5 nitrogen and oxygen atoms in total. The van der Waals surface area contributed by atoms with Crippen LogP contribution in [0.2, 0.25) is 0 Å². The maximum absolute atomic E-state index is 12.5. The Hall–Kier alpha value is -2.04. The molecule has 0 aromatic carbocycles. The van der Waals surface area contributed by atoms with Gasteiger partial charge in [0, 0.05) is 6.54 Å². The minimum absolute atomic E-state index is 0. The van der Waals surface area contributed by atoms with E-state index in [2.05, 4.69) is 13.2 Å². The molecule has 5 heteroatoms. The second-order valence-electron chi connectivity index (χ2n) is 8.89. The molecule has 0 atom stereocenters. The van der Waals surface area contributed by atoms with E-state index in [0.717, 1.165) is 23.1 Å². The highest BCUT2D eigenvalue weighted by Gasteiger charge is 2.26. The Labute approximate surface area is 172 Å². The fraction of sp³-hybridized carbons (Fsp3) is 0.652. The minimum atomic E-state index is -0.633. The van der Waals surface area contributed by atoms with Crippen LogP contribution in [0.15, 0.2) is 36.0 Å². The number of nitrogens with zero attached hydrogens (tertiary/aromatic N) is 1. The predicted molar refractivity (Wildman–Crippen MR) is 117 cm³/mol. The van der Waals surface area contributed by atoms with Crippen molar-refractivity contribution in [3.05, 3.63) is 36.0 Å². The maximum atomic E-state index is 12.5. The van der Waals surface area contributed by atoms with Crippen molar-refractivity contribution in [2.45, 2.75) is 86.9 Å². The Morgan fingerprint density at radius 1 is 0.964 bits per heavy atom. The van der Waals surface area contributed by atoms with Gasteiger partial charge in [0.05, 0.1) is 0 Å². The molecule has 0 saturated heterocycles. The molecule has 0 bridgehead atoms. The summed E-state index contributed by atoms with van der Waals surface area (Å²) < 4.78 is 10.8. The number of carbonyl (C=O) groups excluding carboxylic acids is 2. The Bertz CT molecular complexity index is 589. The molecule has 0 unspecified atom stereocenters. The highest BCUT2D eigenvalue weighted by atomic mass is 16.6. The third kappa shape index (κ3) is 14.1. The van der Waals surface area contributed by atoms with E-state index in [1.54, 1.807) is 41.5 Å². The first-order valence-electron chi connectivity index (χ1n) is 9.32. The highest BCUT2D eigenvalue weighted by molar-refractivity contribution is 5.78. The van der Waals surface area contributed by atoms with Gasteiger partial charge in [-0.2, -0.15) is 0 Å². The van der Waals surface area contributed by atoms with Gasteiger partial charge in [0.25, 0.3) is 0 Å². The van der Waals surface area contributed by atoms with E-state index in [0.29, 0.717) is 13.0 Å². The summed E-state index contributed by atoms with van der Waals surface area (Å²) in [4.78, 5) is 26.1. The quantitative estimate of drug-likeness (QED) is 0.370. The average Bonchev–Trinajstić information content (AvgIpc) is 2.40. The van der Waals surface area contributed by atoms with Crippen molar-refractivity contribution in [1.82, 2.24) is 4.90 Å². The minimum Gasteiger partial charge on any atom is -0.459 e. The second kappa shape index (κ2) is 11.7. The lowest BCUT2D eigenvalue weighted by Gasteiger charge is -2.28. The first kappa shape index (κ1) is 28.2. The van der Waals surface area contributed by atoms with Gasteiger partial charge in [-0.3, -0.25) is 9.69 Å². The summed E-state index contributed by atoms with van der Waals surface area (Å²) in [6.45, 7) is 22.8. The summed E-state index contributed by atoms with van der Waals surface area (Å²) >= 11 is 0. The molecule has 0 aromatic heterocycles. The SMILES string of the molecule is C.C=C(C)/C=C(/CCCN(CC(=O)OC(C)(C)C)C(=O)OC(C)(C)C)C(=C)C. The third-order valence-corrected chi connectivity index (χ3v) is 3.23. The van der Waals surface area contributed by atoms with Gasteiger partial charge in [-0.25, -0.2) is 4.79 Å². The molecule has 28 heavy (non-hydrogen) atoms. The lowest BCUT2D eigenvalue weighted by atomic mass is 10.0. The van der Waals surface area contributed by atoms with Crippen molar-refractivity contribution in [3.8, 4) is 0 Å². The molecular formula is C23H41NO4. The Morgan fingerprint density at radius 2 is 1.46 bits per heavy atom. The fourth-order valence-corrected chi connectivity index (χ4v) is 2.26. The molecule has 0 aliphatic carbocycles. The largest absolute Gasteiger partial charge is 0.459 e. The van der Waals surface area contributed by atoms with Gasteiger partial charge in [0.1, 0.15) is 17.7 Å². The molecule has 0 N–H and O–H groups in total. The number of amides is 1. The van der Waals surface area contributed by atoms with Crippen LogP contribution in [-0.4, -0.2) is 41.3 Å². The van der Waals surface area contributed by atoms with Crippen LogP contribution in [0.5, 0.6) is 0 Å². The van der Waals surface area contributed by atoms with Crippen molar-refractivity contribution in [2.24, 2.45) is 0 Å². The Morgan fingerprint density at radius 3 is 1.86 bits per heavy atom. The molecule has 0 heterocycles. The van der Waals surface area contributed by atoms with Gasteiger partial charge < -0.3 is 9.47 Å². The average molecular weight is 396 g/mol. The van der Waals surface area contributed by atoms with E-state index in [4.69, 9.17) is 9.47 Å². The molecule has 0 radical (unpaired) electrons. The summed E-state index contributed by atoms with van der Waals surface area (Å²) in [5.74, 6) is -0.453. The van der Waals surface area contributed by atoms with Crippen molar-refractivity contribution in [2.75, 3.05) is 13.1 Å². The molecule has 0 aliphatic rings. The molecule has 0 aliphatic heterocycles. The van der Waals surface area contributed by atoms with Crippen LogP contribution >= 0.6 is 0 Å². The summed E-state index contributed by atoms with van der Waals surface area (Å²) in [5, 5.41) is 0. The fourth-order valence-electron chi connectivity index (χ4n) is 2.26. The summed E-state index contributed by atoms with van der Waals surface area (Å²) in [6, 6.07) is 0. The number of ether oxygens (including phenoxy) is 2. The van der Waals surface area contributed by atoms with Crippen molar-refractivity contribution < 1.29 is 19.1 Å². The lowest BCUT2D eigenvalue weighted by molar-refractivity contribution is -0.156. The van der Waals surface area contributed by atoms with E-state index in [1.165, 1.54) is 4.90 Å². The third-order valence-electron chi connectivity index (χ3n) is 3.23. The number of esters is 1. The van der Waals surface area contributed by atoms with Crippen molar-refractivity contribution >= 4 is 12.1 Å². The van der Waals surface area contributed by atoms with E-state index < -0.39 is 23.3 Å². The normalized spacial score (nSPS) is 11.9. The lowest BCUT2D eigenvalue weighted by Crippen LogP contribution is -2.42. The first-order chi connectivity index (χ1) is 12.1. The molecule has 0 rings (SSSR count). The van der Waals surface area contributed by atoms with Gasteiger partial charge in [0.2, 0.25) is 0 Å². The molecule has 0 fully saturated rings. The number of hydrogen-bond donors (Lipinski definition) is 0. The van der Waals surface area contributed by atoms with Crippen LogP contribution in [0.1, 0.15) is 75.7 Å². The van der Waals surface area contributed by atoms with Crippen LogP contribution in [0.3, 0.4) is 0 Å². The molecule has 162 valence electrons. The van der Waals surface area contributed by atoms with Crippen LogP contribution in [0, 0.1) is 0 Å². The second-order valence-corrected chi connectivity index (χ2v) is 8.89. The van der Waals surface area contributed by atoms with Crippen LogP contribution in [0.25, 0.3) is 0 Å². The van der Waals surface area contributed by atoms with E-state index in [9.17, 15) is 9.59 Å². The van der Waals surface area contributed by atoms with E-state index in [-0.39, 0.29) is 14.0 Å². The number of allylic oxidation sites excluding steroid dienone is 4. The highest BCUT2D eigenvalue weighted by Crippen LogP contribution is 2.18. The van der Waals surface area contributed by atoms with E-state index >= 15 is 0 Å². The zero-order valence-corrected chi connectivity index (χ0v) is 18.4. The monoisotopic (exact) mass is 395 g/mol. The van der Waals surface area contributed by atoms with Crippen LogP contribution < -0.4 is 0 Å². The summed E-state index contributed by atoms with van der Waals surface area (Å²) in [6.07, 6.45) is 2.88. The van der Waals surface area contributed by atoms with Crippen molar-refractivity contribution in [1.29, 1.82) is 0 Å². The van der Waals surface area contributed by atoms with E-state index in [1.807, 2.05) is 19.9 Å². The number of hydrogen-bond acceptors (Lipinski definition) is 4. The predicted octanol–water partition coefficient (Wildman–Crippen LogP) is 6.06. The molecular weight excluding hydrogens is 354 g/mol. The van der Waals surface area contributed by atoms with Crippen LogP contribution in [0.4, 0.5) is 4.79 Å².